The number of aromatic carboxylic acids is 1. The zero-order chi connectivity index (χ0) is 31.3. The number of nitrogens with one attached hydrogen (secondary N) is 2. The molecule has 0 amide bonds. The van der Waals surface area contributed by atoms with E-state index in [-0.39, 0.29) is 17.0 Å². The number of nitrogens with zero attached hydrogens (tertiary/aromatic N) is 4. The highest BCUT2D eigenvalue weighted by Crippen LogP contribution is 2.30. The highest BCUT2D eigenvalue weighted by molar-refractivity contribution is 8.00. The van der Waals surface area contributed by atoms with Crippen LogP contribution in [0.4, 0.5) is 5.95 Å². The van der Waals surface area contributed by atoms with Crippen molar-refractivity contribution in [3.05, 3.63) is 101 Å². The fourth-order valence-corrected chi connectivity index (χ4v) is 5.81. The molecular formula is C34H38N6O3S. The molecule has 9 nitrogen and oxygen atoms in total. The summed E-state index contributed by atoms with van der Waals surface area (Å²) in [6.45, 7) is 11.9. The van der Waals surface area contributed by atoms with Gasteiger partial charge in [0.25, 0.3) is 0 Å². The molecule has 0 radical (unpaired) electrons. The third-order valence-electron chi connectivity index (χ3n) is 7.16. The summed E-state index contributed by atoms with van der Waals surface area (Å²) in [6.07, 6.45) is 4.74. The molecule has 5 aromatic rings. The highest BCUT2D eigenvalue weighted by Gasteiger charge is 2.21. The van der Waals surface area contributed by atoms with Crippen molar-refractivity contribution in [3.8, 4) is 17.1 Å². The number of hydrogen-bond donors (Lipinski definition) is 3. The molecule has 0 spiro atoms. The molecule has 3 aromatic heterocycles. The number of aryl methyl sites for hydroxylation is 2. The topological polar surface area (TPSA) is 114 Å². The second-order valence-electron chi connectivity index (χ2n) is 12.1. The van der Waals surface area contributed by atoms with Gasteiger partial charge < -0.3 is 15.2 Å². The van der Waals surface area contributed by atoms with Crippen LogP contribution in [0.5, 0.6) is 5.88 Å². The van der Waals surface area contributed by atoms with Gasteiger partial charge in [-0.2, -0.15) is 10.1 Å². The molecule has 0 aliphatic heterocycles. The summed E-state index contributed by atoms with van der Waals surface area (Å²) < 4.78 is 11.5. The van der Waals surface area contributed by atoms with Crippen LogP contribution in [-0.2, 0) is 6.54 Å². The molecule has 228 valence electrons. The Labute approximate surface area is 262 Å². The summed E-state index contributed by atoms with van der Waals surface area (Å²) in [7, 11) is 0. The summed E-state index contributed by atoms with van der Waals surface area (Å²) in [4.78, 5) is 21.7. The number of rotatable bonds is 12. The predicted molar refractivity (Wildman–Crippen MR) is 175 cm³/mol. The van der Waals surface area contributed by atoms with Gasteiger partial charge in [0.15, 0.2) is 0 Å². The largest absolute Gasteiger partial charge is 0.478 e. The number of hydrogen-bond acceptors (Lipinski definition) is 8. The van der Waals surface area contributed by atoms with Gasteiger partial charge in [0, 0.05) is 40.9 Å². The lowest BCUT2D eigenvalue weighted by Crippen LogP contribution is -2.37. The minimum absolute atomic E-state index is 0.0526. The number of benzene rings is 2. The summed E-state index contributed by atoms with van der Waals surface area (Å²) >= 11 is 1.25. The van der Waals surface area contributed by atoms with Gasteiger partial charge in [-0.1, -0.05) is 51.1 Å². The maximum absolute atomic E-state index is 11.4. The van der Waals surface area contributed by atoms with Gasteiger partial charge >= 0.3 is 5.97 Å². The van der Waals surface area contributed by atoms with E-state index < -0.39 is 5.97 Å². The molecular weight excluding hydrogens is 572 g/mol. The van der Waals surface area contributed by atoms with E-state index in [1.54, 1.807) is 18.2 Å². The van der Waals surface area contributed by atoms with Crippen molar-refractivity contribution in [2.45, 2.75) is 58.5 Å². The number of aromatic nitrogens is 4. The minimum Gasteiger partial charge on any atom is -0.478 e. The fraction of sp³-hybridized carbons (Fsp3) is 0.294. The molecule has 0 bridgehead atoms. The van der Waals surface area contributed by atoms with Crippen LogP contribution in [0.1, 0.15) is 54.2 Å². The minimum atomic E-state index is -0.976. The average molecular weight is 611 g/mol. The lowest BCUT2D eigenvalue weighted by Gasteiger charge is -2.27. The first-order chi connectivity index (χ1) is 21.1. The summed E-state index contributed by atoms with van der Waals surface area (Å²) in [5, 5.41) is 17.5. The second kappa shape index (κ2) is 13.5. The number of carboxylic acids is 1. The van der Waals surface area contributed by atoms with Crippen LogP contribution >= 0.6 is 11.9 Å². The molecule has 2 aromatic carbocycles. The zero-order valence-corrected chi connectivity index (χ0v) is 26.5. The normalized spacial score (nSPS) is 12.3. The van der Waals surface area contributed by atoms with Gasteiger partial charge in [0.2, 0.25) is 11.8 Å². The standard InChI is InChI=1S/C34H38N6O3S/c1-22-10-8-11-23(2)31(22)28-17-30(38-33(37-28)39-44-27-13-9-12-24(16-27)32(41)42)43-21-26(18-34(3,4)5)35-19-25-20-36-40-15-7-6-14-29(25)40/h6-17,20,26,35H,18-19,21H2,1-5H3,(H,41,42)(H,37,38,39). The Hall–Kier alpha value is -4.41. The van der Waals surface area contributed by atoms with Crippen molar-refractivity contribution in [3.63, 3.8) is 0 Å². The molecule has 44 heavy (non-hydrogen) atoms. The maximum atomic E-state index is 11.4. The number of ether oxygens (including phenoxy) is 1. The van der Waals surface area contributed by atoms with Gasteiger partial charge in [-0.05, 0) is 79.1 Å². The van der Waals surface area contributed by atoms with Crippen molar-refractivity contribution < 1.29 is 14.6 Å². The number of pyridine rings is 1. The smallest absolute Gasteiger partial charge is 0.335 e. The Kier molecular flexibility index (Phi) is 9.51. The van der Waals surface area contributed by atoms with Crippen LogP contribution in [0.15, 0.2) is 84.0 Å². The summed E-state index contributed by atoms with van der Waals surface area (Å²) in [6, 6.07) is 20.9. The van der Waals surface area contributed by atoms with Gasteiger partial charge in [-0.25, -0.2) is 14.3 Å². The van der Waals surface area contributed by atoms with Gasteiger partial charge in [0.05, 0.1) is 23.0 Å². The van der Waals surface area contributed by atoms with E-state index in [9.17, 15) is 9.90 Å². The van der Waals surface area contributed by atoms with Crippen molar-refractivity contribution in [1.82, 2.24) is 24.9 Å². The van der Waals surface area contributed by atoms with E-state index >= 15 is 0 Å². The molecule has 0 aliphatic rings. The van der Waals surface area contributed by atoms with Crippen LogP contribution in [0, 0.1) is 19.3 Å². The van der Waals surface area contributed by atoms with Crippen molar-refractivity contribution in [1.29, 1.82) is 0 Å². The first-order valence-corrected chi connectivity index (χ1v) is 15.4. The van der Waals surface area contributed by atoms with E-state index in [0.29, 0.717) is 25.0 Å². The van der Waals surface area contributed by atoms with Crippen LogP contribution in [-0.4, -0.2) is 43.3 Å². The second-order valence-corrected chi connectivity index (χ2v) is 13.0. The quantitative estimate of drug-likeness (QED) is 0.126. The number of fused-ring (bicyclic) bond motifs is 1. The van der Waals surface area contributed by atoms with Crippen molar-refractivity contribution in [2.24, 2.45) is 5.41 Å². The van der Waals surface area contributed by atoms with Gasteiger partial charge in [0.1, 0.15) is 6.61 Å². The van der Waals surface area contributed by atoms with Crippen LogP contribution in [0.25, 0.3) is 16.8 Å². The SMILES string of the molecule is Cc1cccc(C)c1-c1cc(OCC(CC(C)(C)C)NCc2cnn3ccccc23)nc(NSc2cccc(C(=O)O)c2)n1. The van der Waals surface area contributed by atoms with Crippen LogP contribution in [0.2, 0.25) is 0 Å². The summed E-state index contributed by atoms with van der Waals surface area (Å²) in [5.41, 5.74) is 6.47. The fourth-order valence-electron chi connectivity index (χ4n) is 5.18. The van der Waals surface area contributed by atoms with E-state index in [4.69, 9.17) is 9.72 Å². The van der Waals surface area contributed by atoms with E-state index in [1.807, 2.05) is 47.2 Å². The third kappa shape index (κ3) is 7.94. The lowest BCUT2D eigenvalue weighted by molar-refractivity contribution is 0.0696. The molecule has 3 N–H and O–H groups in total. The van der Waals surface area contributed by atoms with E-state index in [2.05, 4.69) is 72.9 Å². The number of carbonyl (C=O) groups is 1. The monoisotopic (exact) mass is 610 g/mol. The Balaban J connectivity index is 1.38. The van der Waals surface area contributed by atoms with Crippen LogP contribution < -0.4 is 14.8 Å². The molecule has 0 saturated heterocycles. The zero-order valence-electron chi connectivity index (χ0n) is 25.7. The Bertz CT molecular complexity index is 1740. The third-order valence-corrected chi connectivity index (χ3v) is 7.93. The molecule has 1 unspecified atom stereocenters. The molecule has 0 fully saturated rings. The van der Waals surface area contributed by atoms with Crippen molar-refractivity contribution in [2.75, 3.05) is 11.3 Å². The number of anilines is 1. The maximum Gasteiger partial charge on any atom is 0.335 e. The molecule has 1 atom stereocenters. The first-order valence-electron chi connectivity index (χ1n) is 14.5. The van der Waals surface area contributed by atoms with Crippen molar-refractivity contribution >= 4 is 29.4 Å². The Morgan fingerprint density at radius 3 is 2.55 bits per heavy atom. The molecule has 0 saturated carbocycles. The predicted octanol–water partition coefficient (Wildman–Crippen LogP) is 7.20. The first kappa shape index (κ1) is 31.0. The van der Waals surface area contributed by atoms with Gasteiger partial charge in [-0.15, -0.1) is 0 Å². The summed E-state index contributed by atoms with van der Waals surface area (Å²) in [5.74, 6) is -0.147. The molecule has 0 aliphatic carbocycles. The molecule has 10 heteroatoms. The van der Waals surface area contributed by atoms with E-state index in [1.165, 1.54) is 11.9 Å². The Morgan fingerprint density at radius 1 is 1.02 bits per heavy atom. The molecule has 3 heterocycles. The lowest BCUT2D eigenvalue weighted by atomic mass is 9.88. The van der Waals surface area contributed by atoms with Gasteiger partial charge in [-0.3, -0.25) is 4.72 Å². The van der Waals surface area contributed by atoms with E-state index in [0.717, 1.165) is 44.8 Å². The number of carboxylic acid groups (broad SMARTS) is 1. The highest BCUT2D eigenvalue weighted by atomic mass is 32.2. The van der Waals surface area contributed by atoms with Crippen LogP contribution in [0.3, 0.4) is 0 Å². The molecule has 5 rings (SSSR count). The average Bonchev–Trinajstić information content (AvgIpc) is 3.40. The Morgan fingerprint density at radius 2 is 1.80 bits per heavy atom.